The minimum Gasteiger partial charge on any atom is -0.396 e. The lowest BCUT2D eigenvalue weighted by atomic mass is 9.96. The molecule has 0 bridgehead atoms. The maximum absolute atomic E-state index is 12.8. The van der Waals surface area contributed by atoms with E-state index < -0.39 is 0 Å². The fourth-order valence-corrected chi connectivity index (χ4v) is 2.72. The molecule has 2 aromatic rings. The second kappa shape index (κ2) is 4.98. The summed E-state index contributed by atoms with van der Waals surface area (Å²) in [4.78, 5) is 14.4. The molecule has 0 aliphatic carbocycles. The lowest BCUT2D eigenvalue weighted by Crippen LogP contribution is -2.31. The van der Waals surface area contributed by atoms with Gasteiger partial charge < -0.3 is 16.0 Å². The zero-order valence-corrected chi connectivity index (χ0v) is 12.1. The van der Waals surface area contributed by atoms with Crippen molar-refractivity contribution in [1.29, 1.82) is 0 Å². The molecule has 3 rings (SSSR count). The van der Waals surface area contributed by atoms with Gasteiger partial charge in [-0.05, 0) is 12.1 Å². The Bertz CT molecular complexity index is 749. The van der Waals surface area contributed by atoms with Crippen molar-refractivity contribution in [3.05, 3.63) is 65.2 Å². The van der Waals surface area contributed by atoms with E-state index in [-0.39, 0.29) is 5.91 Å². The van der Waals surface area contributed by atoms with Gasteiger partial charge >= 0.3 is 0 Å². The topological polar surface area (TPSA) is 58.4 Å². The van der Waals surface area contributed by atoms with Gasteiger partial charge in [0.05, 0.1) is 17.1 Å². The van der Waals surface area contributed by atoms with Crippen LogP contribution < -0.4 is 16.0 Å². The number of hydrogen-bond donors (Lipinski definition) is 2. The Labute approximate surface area is 123 Å². The monoisotopic (exact) mass is 279 g/mol. The Hall–Kier alpha value is -2.75. The molecule has 0 unspecified atom stereocenters. The molecule has 0 saturated carbocycles. The standard InChI is InChI=1S/C17H17N3O/c1-19-16-11-7-3-4-8-12(11)17(21)20(2)14-10-6-5-9-13(14)15(16)18/h3-10,19H,18H2,1-2H3/b16-15-. The molecule has 1 heterocycles. The molecule has 0 atom stereocenters. The largest absolute Gasteiger partial charge is 0.396 e. The molecule has 0 aromatic heterocycles. The predicted molar refractivity (Wildman–Crippen MR) is 85.7 cm³/mol. The first-order valence-electron chi connectivity index (χ1n) is 6.79. The molecule has 1 aliphatic rings. The summed E-state index contributed by atoms with van der Waals surface area (Å²) in [6.45, 7) is 0. The first-order valence-corrected chi connectivity index (χ1v) is 6.79. The van der Waals surface area contributed by atoms with Crippen LogP contribution >= 0.6 is 0 Å². The van der Waals surface area contributed by atoms with Crippen LogP contribution in [0.5, 0.6) is 0 Å². The first-order chi connectivity index (χ1) is 10.1. The molecule has 3 N–H and O–H groups in total. The van der Waals surface area contributed by atoms with Gasteiger partial charge in [-0.15, -0.1) is 0 Å². The van der Waals surface area contributed by atoms with Crippen molar-refractivity contribution in [3.63, 3.8) is 0 Å². The normalized spacial score (nSPS) is 17.6. The number of hydrogen-bond acceptors (Lipinski definition) is 3. The third-order valence-electron chi connectivity index (χ3n) is 3.81. The van der Waals surface area contributed by atoms with Gasteiger partial charge in [-0.25, -0.2) is 0 Å². The fraction of sp³-hybridized carbons (Fsp3) is 0.118. The van der Waals surface area contributed by atoms with E-state index >= 15 is 0 Å². The summed E-state index contributed by atoms with van der Waals surface area (Å²) in [6, 6.07) is 15.2. The Kier molecular flexibility index (Phi) is 3.14. The number of nitrogens with zero attached hydrogens (tertiary/aromatic N) is 1. The van der Waals surface area contributed by atoms with E-state index in [4.69, 9.17) is 5.73 Å². The number of fused-ring (bicyclic) bond motifs is 2. The fourth-order valence-electron chi connectivity index (χ4n) is 2.72. The van der Waals surface area contributed by atoms with Crippen molar-refractivity contribution in [1.82, 2.24) is 5.32 Å². The number of para-hydroxylation sites is 1. The maximum atomic E-state index is 12.8. The van der Waals surface area contributed by atoms with E-state index in [2.05, 4.69) is 5.32 Å². The second-order valence-electron chi connectivity index (χ2n) is 4.97. The SMILES string of the molecule is CN/C1=C(\N)c2ccccc2N(C)C(=O)c2ccccc21. The van der Waals surface area contributed by atoms with Gasteiger partial charge in [0.1, 0.15) is 0 Å². The Balaban J connectivity index is 2.40. The molecule has 0 saturated heterocycles. The zero-order chi connectivity index (χ0) is 15.0. The zero-order valence-electron chi connectivity index (χ0n) is 12.1. The average molecular weight is 279 g/mol. The van der Waals surface area contributed by atoms with Gasteiger partial charge in [-0.2, -0.15) is 0 Å². The van der Waals surface area contributed by atoms with Crippen LogP contribution in [-0.2, 0) is 0 Å². The Morgan fingerprint density at radius 2 is 1.52 bits per heavy atom. The number of rotatable bonds is 1. The highest BCUT2D eigenvalue weighted by molar-refractivity contribution is 6.13. The third-order valence-corrected chi connectivity index (χ3v) is 3.81. The molecular weight excluding hydrogens is 262 g/mol. The molecule has 4 heteroatoms. The quantitative estimate of drug-likeness (QED) is 0.842. The molecule has 0 fully saturated rings. The van der Waals surface area contributed by atoms with Crippen LogP contribution in [0.1, 0.15) is 21.5 Å². The number of nitrogens with two attached hydrogens (primary N) is 1. The summed E-state index contributed by atoms with van der Waals surface area (Å²) in [5.74, 6) is -0.0432. The molecular formula is C17H17N3O. The lowest BCUT2D eigenvalue weighted by Gasteiger charge is -2.26. The summed E-state index contributed by atoms with van der Waals surface area (Å²) in [5, 5.41) is 3.14. The number of anilines is 1. The third kappa shape index (κ3) is 1.96. The van der Waals surface area contributed by atoms with Crippen LogP contribution in [0, 0.1) is 0 Å². The van der Waals surface area contributed by atoms with Crippen molar-refractivity contribution >= 4 is 23.0 Å². The second-order valence-corrected chi connectivity index (χ2v) is 4.97. The van der Waals surface area contributed by atoms with Crippen molar-refractivity contribution in [3.8, 4) is 0 Å². The van der Waals surface area contributed by atoms with Gasteiger partial charge in [0.2, 0.25) is 0 Å². The van der Waals surface area contributed by atoms with Crippen molar-refractivity contribution in [2.45, 2.75) is 0 Å². The van der Waals surface area contributed by atoms with Gasteiger partial charge in [-0.3, -0.25) is 4.79 Å². The van der Waals surface area contributed by atoms with Crippen LogP contribution in [-0.4, -0.2) is 20.0 Å². The minimum absolute atomic E-state index is 0.0432. The minimum atomic E-state index is -0.0432. The van der Waals surface area contributed by atoms with Crippen LogP contribution in [0.4, 0.5) is 5.69 Å². The number of benzene rings is 2. The lowest BCUT2D eigenvalue weighted by molar-refractivity contribution is 0.0992. The van der Waals surface area contributed by atoms with E-state index in [1.54, 1.807) is 11.9 Å². The van der Waals surface area contributed by atoms with E-state index in [1.807, 2.05) is 55.6 Å². The summed E-state index contributed by atoms with van der Waals surface area (Å²) < 4.78 is 0. The van der Waals surface area contributed by atoms with E-state index in [0.29, 0.717) is 11.3 Å². The number of nitrogens with one attached hydrogen (secondary N) is 1. The van der Waals surface area contributed by atoms with Crippen LogP contribution in [0.15, 0.2) is 48.5 Å². The molecule has 4 nitrogen and oxygen atoms in total. The Morgan fingerprint density at radius 3 is 2.19 bits per heavy atom. The molecule has 21 heavy (non-hydrogen) atoms. The van der Waals surface area contributed by atoms with Crippen LogP contribution in [0.2, 0.25) is 0 Å². The summed E-state index contributed by atoms with van der Waals surface area (Å²) >= 11 is 0. The van der Waals surface area contributed by atoms with Gasteiger partial charge in [0.25, 0.3) is 5.91 Å². The predicted octanol–water partition coefficient (Wildman–Crippen LogP) is 2.28. The molecule has 0 spiro atoms. The number of carbonyl (C=O) groups excluding carboxylic acids is 1. The molecule has 106 valence electrons. The average Bonchev–Trinajstić information content (AvgIpc) is 2.54. The summed E-state index contributed by atoms with van der Waals surface area (Å²) in [6.07, 6.45) is 0. The highest BCUT2D eigenvalue weighted by Crippen LogP contribution is 2.33. The van der Waals surface area contributed by atoms with Crippen molar-refractivity contribution in [2.24, 2.45) is 5.73 Å². The van der Waals surface area contributed by atoms with Gasteiger partial charge in [0.15, 0.2) is 0 Å². The van der Waals surface area contributed by atoms with Gasteiger partial charge in [-0.1, -0.05) is 36.4 Å². The van der Waals surface area contributed by atoms with Crippen LogP contribution in [0.25, 0.3) is 11.4 Å². The molecule has 1 aliphatic heterocycles. The molecule has 1 amide bonds. The summed E-state index contributed by atoms with van der Waals surface area (Å²) in [5.41, 5.74) is 10.9. The van der Waals surface area contributed by atoms with Gasteiger partial charge in [0, 0.05) is 30.8 Å². The van der Waals surface area contributed by atoms with E-state index in [9.17, 15) is 4.79 Å². The molecule has 2 aromatic carbocycles. The Morgan fingerprint density at radius 1 is 0.952 bits per heavy atom. The van der Waals surface area contributed by atoms with Crippen molar-refractivity contribution < 1.29 is 4.79 Å². The first kappa shape index (κ1) is 13.2. The molecule has 0 radical (unpaired) electrons. The number of amides is 1. The maximum Gasteiger partial charge on any atom is 0.258 e. The van der Waals surface area contributed by atoms with Crippen molar-refractivity contribution in [2.75, 3.05) is 19.0 Å². The van der Waals surface area contributed by atoms with E-state index in [1.165, 1.54) is 0 Å². The highest BCUT2D eigenvalue weighted by atomic mass is 16.2. The summed E-state index contributed by atoms with van der Waals surface area (Å²) in [7, 11) is 3.59. The van der Waals surface area contributed by atoms with E-state index in [0.717, 1.165) is 22.5 Å². The number of carbonyl (C=O) groups is 1. The van der Waals surface area contributed by atoms with Crippen LogP contribution in [0.3, 0.4) is 0 Å². The highest BCUT2D eigenvalue weighted by Gasteiger charge is 2.25. The smallest absolute Gasteiger partial charge is 0.258 e.